The minimum absolute atomic E-state index is 0.353. The molecule has 0 aliphatic heterocycles. The molecule has 1 aromatic carbocycles. The number of imidazole rings is 1. The van der Waals surface area contributed by atoms with Crippen LogP contribution in [-0.4, -0.2) is 32.0 Å². The van der Waals surface area contributed by atoms with E-state index in [1.807, 2.05) is 13.8 Å². The number of carbonyl (C=O) groups excluding carboxylic acids is 1. The number of carbonyl (C=O) groups is 1. The summed E-state index contributed by atoms with van der Waals surface area (Å²) in [5.74, 6) is 0.0356. The first-order valence-corrected chi connectivity index (χ1v) is 7.18. The molecule has 8 heteroatoms. The summed E-state index contributed by atoms with van der Waals surface area (Å²) in [6.07, 6.45) is 2.08. The van der Waals surface area contributed by atoms with Crippen molar-refractivity contribution in [1.29, 1.82) is 5.41 Å². The molecule has 0 unspecified atom stereocenters. The summed E-state index contributed by atoms with van der Waals surface area (Å²) in [7, 11) is 0. The molecule has 3 aromatic rings. The van der Waals surface area contributed by atoms with Crippen molar-refractivity contribution in [2.45, 2.75) is 20.3 Å². The van der Waals surface area contributed by atoms with Gasteiger partial charge in [0.25, 0.3) is 5.91 Å². The van der Waals surface area contributed by atoms with Crippen LogP contribution in [0.5, 0.6) is 0 Å². The Morgan fingerprint density at radius 1 is 1.43 bits per heavy atom. The molecule has 23 heavy (non-hydrogen) atoms. The maximum atomic E-state index is 12.8. The Bertz CT molecular complexity index is 892. The maximum Gasteiger partial charge on any atom is 0.268 e. The van der Waals surface area contributed by atoms with Crippen molar-refractivity contribution in [3.05, 3.63) is 41.5 Å². The fraction of sp³-hybridized carbons (Fsp3) is 0.200. The summed E-state index contributed by atoms with van der Waals surface area (Å²) in [6.45, 7) is 3.77. The molecule has 8 nitrogen and oxygen atoms in total. The van der Waals surface area contributed by atoms with Gasteiger partial charge in [-0.05, 0) is 31.5 Å². The zero-order valence-electron chi connectivity index (χ0n) is 12.8. The van der Waals surface area contributed by atoms with Gasteiger partial charge in [-0.2, -0.15) is 5.10 Å². The molecule has 0 bridgehead atoms. The number of benzene rings is 1. The van der Waals surface area contributed by atoms with Crippen LogP contribution in [0.2, 0.25) is 0 Å². The van der Waals surface area contributed by atoms with Gasteiger partial charge in [0.1, 0.15) is 5.82 Å². The van der Waals surface area contributed by atoms with Crippen molar-refractivity contribution < 1.29 is 4.79 Å². The van der Waals surface area contributed by atoms with Crippen LogP contribution in [-0.2, 0) is 6.42 Å². The normalized spacial score (nSPS) is 10.9. The van der Waals surface area contributed by atoms with Crippen molar-refractivity contribution in [1.82, 2.24) is 20.2 Å². The first-order chi connectivity index (χ1) is 11.0. The second kappa shape index (κ2) is 5.56. The number of nitrogens with one attached hydrogen (secondary N) is 3. The zero-order chi connectivity index (χ0) is 16.6. The molecule has 0 spiro atoms. The number of fused-ring (bicyclic) bond motifs is 1. The quantitative estimate of drug-likeness (QED) is 0.433. The lowest BCUT2D eigenvalue weighted by atomic mass is 10.1. The van der Waals surface area contributed by atoms with Crippen molar-refractivity contribution in [2.24, 2.45) is 5.73 Å². The third-order valence-electron chi connectivity index (χ3n) is 3.59. The Labute approximate surface area is 132 Å². The second-order valence-corrected chi connectivity index (χ2v) is 5.17. The summed E-state index contributed by atoms with van der Waals surface area (Å²) < 4.78 is 0. The lowest BCUT2D eigenvalue weighted by Crippen LogP contribution is -2.41. The van der Waals surface area contributed by atoms with Crippen molar-refractivity contribution >= 4 is 28.6 Å². The third kappa shape index (κ3) is 2.54. The Kier molecular flexibility index (Phi) is 3.57. The molecule has 2 aromatic heterocycles. The van der Waals surface area contributed by atoms with Gasteiger partial charge in [0.2, 0.25) is 0 Å². The number of aromatic amines is 2. The Hall–Kier alpha value is -3.16. The van der Waals surface area contributed by atoms with Crippen LogP contribution in [0.25, 0.3) is 11.0 Å². The highest BCUT2D eigenvalue weighted by molar-refractivity contribution is 6.21. The SMILES string of the molecule is CCc1[nH]ncc1C(=O)N(C(=N)N)c1ccc2nc(C)[nH]c2c1. The summed E-state index contributed by atoms with van der Waals surface area (Å²) in [4.78, 5) is 21.4. The van der Waals surface area contributed by atoms with Gasteiger partial charge in [0.05, 0.1) is 28.5 Å². The molecule has 0 radical (unpaired) electrons. The minimum atomic E-state index is -0.390. The lowest BCUT2D eigenvalue weighted by Gasteiger charge is -2.20. The van der Waals surface area contributed by atoms with Crippen LogP contribution in [0.3, 0.4) is 0 Å². The van der Waals surface area contributed by atoms with E-state index < -0.39 is 5.91 Å². The van der Waals surface area contributed by atoms with Crippen molar-refractivity contribution in [3.63, 3.8) is 0 Å². The van der Waals surface area contributed by atoms with Crippen LogP contribution in [0, 0.1) is 12.3 Å². The smallest absolute Gasteiger partial charge is 0.268 e. The van der Waals surface area contributed by atoms with Crippen LogP contribution < -0.4 is 10.6 Å². The van der Waals surface area contributed by atoms with E-state index >= 15 is 0 Å². The number of nitrogens with two attached hydrogens (primary N) is 1. The molecule has 0 aliphatic rings. The zero-order valence-corrected chi connectivity index (χ0v) is 12.8. The van der Waals surface area contributed by atoms with Gasteiger partial charge in [-0.1, -0.05) is 6.92 Å². The molecule has 0 saturated heterocycles. The Morgan fingerprint density at radius 3 is 2.91 bits per heavy atom. The molecule has 0 fully saturated rings. The first-order valence-electron chi connectivity index (χ1n) is 7.18. The van der Waals surface area contributed by atoms with Crippen LogP contribution in [0.4, 0.5) is 5.69 Å². The van der Waals surface area contributed by atoms with Crippen LogP contribution in [0.15, 0.2) is 24.4 Å². The predicted octanol–water partition coefficient (Wildman–Crippen LogP) is 1.70. The summed E-state index contributed by atoms with van der Waals surface area (Å²) >= 11 is 0. The Morgan fingerprint density at radius 2 is 2.22 bits per heavy atom. The number of guanidine groups is 1. The largest absolute Gasteiger partial charge is 0.369 e. The molecular formula is C15H17N7O. The van der Waals surface area contributed by atoms with Crippen molar-refractivity contribution in [3.8, 4) is 0 Å². The third-order valence-corrected chi connectivity index (χ3v) is 3.59. The average molecular weight is 311 g/mol. The van der Waals surface area contributed by atoms with Gasteiger partial charge in [-0.25, -0.2) is 9.88 Å². The predicted molar refractivity (Wildman–Crippen MR) is 87.5 cm³/mol. The molecule has 0 atom stereocenters. The standard InChI is InChI=1S/C15H17N7O/c1-3-11-10(7-18-21-11)14(23)22(15(16)17)9-4-5-12-13(6-9)20-8(2)19-12/h4-7H,3H2,1-2H3,(H3,16,17)(H,18,21)(H,19,20). The number of hydrogen-bond acceptors (Lipinski definition) is 4. The van der Waals surface area contributed by atoms with Crippen LogP contribution in [0.1, 0.15) is 28.8 Å². The molecule has 2 heterocycles. The summed E-state index contributed by atoms with van der Waals surface area (Å²) in [5.41, 5.74) is 8.84. The molecule has 1 amide bonds. The summed E-state index contributed by atoms with van der Waals surface area (Å²) in [5, 5.41) is 14.5. The monoisotopic (exact) mass is 311 g/mol. The molecule has 118 valence electrons. The Balaban J connectivity index is 2.06. The average Bonchev–Trinajstić information content (AvgIpc) is 3.11. The number of rotatable bonds is 3. The first kappa shape index (κ1) is 14.8. The van der Waals surface area contributed by atoms with Gasteiger partial charge in [-0.15, -0.1) is 0 Å². The number of aromatic nitrogens is 4. The number of anilines is 1. The van der Waals surface area contributed by atoms with E-state index in [2.05, 4.69) is 20.2 Å². The van der Waals surface area contributed by atoms with Gasteiger partial charge in [0, 0.05) is 5.69 Å². The highest BCUT2D eigenvalue weighted by Gasteiger charge is 2.24. The fourth-order valence-electron chi connectivity index (χ4n) is 2.52. The molecule has 0 aliphatic carbocycles. The minimum Gasteiger partial charge on any atom is -0.369 e. The number of H-pyrrole nitrogens is 2. The van der Waals surface area contributed by atoms with Crippen LogP contribution >= 0.6 is 0 Å². The number of aryl methyl sites for hydroxylation is 2. The number of hydrogen-bond donors (Lipinski definition) is 4. The maximum absolute atomic E-state index is 12.8. The number of nitrogens with zero attached hydrogens (tertiary/aromatic N) is 3. The fourth-order valence-corrected chi connectivity index (χ4v) is 2.52. The summed E-state index contributed by atoms with van der Waals surface area (Å²) in [6, 6.07) is 5.25. The van der Waals surface area contributed by atoms with Crippen molar-refractivity contribution in [2.75, 3.05) is 4.90 Å². The van der Waals surface area contributed by atoms with E-state index in [0.29, 0.717) is 23.4 Å². The number of amides is 1. The highest BCUT2D eigenvalue weighted by atomic mass is 16.2. The molecule has 5 N–H and O–H groups in total. The topological polar surface area (TPSA) is 128 Å². The van der Waals surface area contributed by atoms with E-state index in [-0.39, 0.29) is 5.96 Å². The second-order valence-electron chi connectivity index (χ2n) is 5.17. The van der Waals surface area contributed by atoms with Gasteiger partial charge in [-0.3, -0.25) is 15.3 Å². The highest BCUT2D eigenvalue weighted by Crippen LogP contribution is 2.23. The van der Waals surface area contributed by atoms with Gasteiger partial charge >= 0.3 is 0 Å². The van der Waals surface area contributed by atoms with E-state index in [0.717, 1.165) is 21.8 Å². The van der Waals surface area contributed by atoms with Gasteiger partial charge < -0.3 is 10.7 Å². The van der Waals surface area contributed by atoms with E-state index in [1.165, 1.54) is 6.20 Å². The lowest BCUT2D eigenvalue weighted by molar-refractivity contribution is 0.100. The van der Waals surface area contributed by atoms with E-state index in [9.17, 15) is 4.79 Å². The molecule has 3 rings (SSSR count). The van der Waals surface area contributed by atoms with E-state index in [4.69, 9.17) is 11.1 Å². The molecule has 0 saturated carbocycles. The van der Waals surface area contributed by atoms with Gasteiger partial charge in [0.15, 0.2) is 5.96 Å². The van der Waals surface area contributed by atoms with E-state index in [1.54, 1.807) is 18.2 Å². The molecular weight excluding hydrogens is 294 g/mol.